The van der Waals surface area contributed by atoms with Gasteiger partial charge in [0.1, 0.15) is 0 Å². The molecule has 1 atom stereocenters. The smallest absolute Gasteiger partial charge is 0.227 e. The lowest BCUT2D eigenvalue weighted by Crippen LogP contribution is -2.29. The average molecular weight is 312 g/mol. The molecule has 0 aliphatic rings. The van der Waals surface area contributed by atoms with Crippen molar-refractivity contribution in [2.75, 3.05) is 13.1 Å². The molecule has 23 heavy (non-hydrogen) atoms. The van der Waals surface area contributed by atoms with E-state index in [1.807, 2.05) is 17.0 Å². The summed E-state index contributed by atoms with van der Waals surface area (Å²) < 4.78 is 5.84. The number of aliphatic hydroxyl groups excluding tert-OH is 1. The Morgan fingerprint density at radius 2 is 2.00 bits per heavy atom. The summed E-state index contributed by atoms with van der Waals surface area (Å²) in [6.45, 7) is 7.90. The summed E-state index contributed by atoms with van der Waals surface area (Å²) in [5.41, 5.74) is 2.68. The quantitative estimate of drug-likeness (QED) is 0.685. The highest BCUT2D eigenvalue weighted by Crippen LogP contribution is 2.28. The zero-order chi connectivity index (χ0) is 16.4. The Hall–Kier alpha value is -1.91. The number of unbranched alkanes of at least 4 members (excludes halogenated alkanes) is 1. The average Bonchev–Trinajstić information content (AvgIpc) is 2.96. The zero-order valence-electron chi connectivity index (χ0n) is 14.0. The molecular weight excluding hydrogens is 288 g/mol. The van der Waals surface area contributed by atoms with Gasteiger partial charge in [-0.25, -0.2) is 4.98 Å². The van der Waals surface area contributed by atoms with Gasteiger partial charge in [0.05, 0.1) is 5.52 Å². The van der Waals surface area contributed by atoms with Crippen LogP contribution in [0.1, 0.15) is 44.2 Å². The van der Waals surface area contributed by atoms with Crippen LogP contribution in [0.4, 0.5) is 0 Å². The van der Waals surface area contributed by atoms with Gasteiger partial charge in [0.15, 0.2) is 12.0 Å². The summed E-state index contributed by atoms with van der Waals surface area (Å²) in [5.74, 6) is 0.567. The number of fused-ring (bicyclic) bond motifs is 2. The molecule has 1 N–H and O–H groups in total. The van der Waals surface area contributed by atoms with Crippen molar-refractivity contribution < 1.29 is 9.52 Å². The SMILES string of the molecule is CCCCN(CC)C(O)c1cc2cc3ccc(C)cc3nc2o1. The molecule has 0 aliphatic heterocycles. The van der Waals surface area contributed by atoms with Crippen LogP contribution in [0.15, 0.2) is 34.7 Å². The standard InChI is InChI=1S/C19H24N2O2/c1-4-6-9-21(5-2)19(22)17-12-15-11-14-8-7-13(3)10-16(14)20-18(15)23-17/h7-8,10-12,19,22H,4-6,9H2,1-3H3. The van der Waals surface area contributed by atoms with Crippen molar-refractivity contribution in [1.29, 1.82) is 0 Å². The Kier molecular flexibility index (Phi) is 4.64. The van der Waals surface area contributed by atoms with Gasteiger partial charge in [0.2, 0.25) is 5.71 Å². The van der Waals surface area contributed by atoms with Crippen LogP contribution in [0.3, 0.4) is 0 Å². The Labute approximate surface area is 136 Å². The van der Waals surface area contributed by atoms with E-state index in [2.05, 4.69) is 44.0 Å². The molecule has 0 saturated heterocycles. The molecule has 0 fully saturated rings. The summed E-state index contributed by atoms with van der Waals surface area (Å²) in [7, 11) is 0. The van der Waals surface area contributed by atoms with E-state index < -0.39 is 6.23 Å². The van der Waals surface area contributed by atoms with Gasteiger partial charge < -0.3 is 9.52 Å². The molecule has 1 aromatic carbocycles. The van der Waals surface area contributed by atoms with E-state index in [0.29, 0.717) is 11.5 Å². The van der Waals surface area contributed by atoms with Crippen LogP contribution in [-0.4, -0.2) is 28.1 Å². The number of aliphatic hydroxyl groups is 1. The summed E-state index contributed by atoms with van der Waals surface area (Å²) in [6, 6.07) is 10.2. The topological polar surface area (TPSA) is 49.5 Å². The van der Waals surface area contributed by atoms with Crippen LogP contribution < -0.4 is 0 Å². The van der Waals surface area contributed by atoms with Crippen molar-refractivity contribution in [1.82, 2.24) is 9.88 Å². The fourth-order valence-electron chi connectivity index (χ4n) is 2.88. The number of benzene rings is 1. The maximum Gasteiger partial charge on any atom is 0.227 e. The van der Waals surface area contributed by atoms with Crippen molar-refractivity contribution in [3.05, 3.63) is 41.7 Å². The van der Waals surface area contributed by atoms with E-state index in [1.165, 1.54) is 5.56 Å². The second-order valence-electron chi connectivity index (χ2n) is 6.08. The van der Waals surface area contributed by atoms with E-state index >= 15 is 0 Å². The van der Waals surface area contributed by atoms with E-state index in [1.54, 1.807) is 0 Å². The second kappa shape index (κ2) is 6.69. The predicted molar refractivity (Wildman–Crippen MR) is 93.4 cm³/mol. The van der Waals surface area contributed by atoms with E-state index in [9.17, 15) is 5.11 Å². The van der Waals surface area contributed by atoms with Gasteiger partial charge in [-0.15, -0.1) is 0 Å². The first-order valence-corrected chi connectivity index (χ1v) is 8.35. The number of rotatable bonds is 6. The lowest BCUT2D eigenvalue weighted by Gasteiger charge is -2.24. The first kappa shape index (κ1) is 16.0. The molecule has 4 nitrogen and oxygen atoms in total. The molecule has 2 aromatic heterocycles. The first-order chi connectivity index (χ1) is 11.1. The minimum absolute atomic E-state index is 0.567. The molecule has 3 rings (SSSR count). The largest absolute Gasteiger partial charge is 0.439 e. The normalized spacial score (nSPS) is 13.3. The van der Waals surface area contributed by atoms with E-state index in [4.69, 9.17) is 4.42 Å². The van der Waals surface area contributed by atoms with Crippen molar-refractivity contribution in [2.24, 2.45) is 0 Å². The van der Waals surface area contributed by atoms with Gasteiger partial charge in [-0.05, 0) is 43.7 Å². The number of hydrogen-bond acceptors (Lipinski definition) is 4. The van der Waals surface area contributed by atoms with Crippen LogP contribution in [0.2, 0.25) is 0 Å². The summed E-state index contributed by atoms with van der Waals surface area (Å²) in [5, 5.41) is 12.6. The maximum atomic E-state index is 10.6. The van der Waals surface area contributed by atoms with Crippen LogP contribution >= 0.6 is 0 Å². The number of aryl methyl sites for hydroxylation is 1. The number of aromatic nitrogens is 1. The number of hydrogen-bond donors (Lipinski definition) is 1. The van der Waals surface area contributed by atoms with Crippen LogP contribution in [0, 0.1) is 6.92 Å². The third kappa shape index (κ3) is 3.23. The molecule has 122 valence electrons. The van der Waals surface area contributed by atoms with Crippen molar-refractivity contribution in [3.63, 3.8) is 0 Å². The van der Waals surface area contributed by atoms with Gasteiger partial charge in [-0.1, -0.05) is 32.4 Å². The van der Waals surface area contributed by atoms with E-state index in [0.717, 1.165) is 42.2 Å². The Morgan fingerprint density at radius 1 is 1.17 bits per heavy atom. The van der Waals surface area contributed by atoms with Crippen LogP contribution in [0.25, 0.3) is 22.0 Å². The highest BCUT2D eigenvalue weighted by Gasteiger charge is 2.20. The number of pyridine rings is 1. The van der Waals surface area contributed by atoms with Gasteiger partial charge in [-0.2, -0.15) is 0 Å². The minimum Gasteiger partial charge on any atom is -0.439 e. The molecule has 0 bridgehead atoms. The molecule has 1 unspecified atom stereocenters. The highest BCUT2D eigenvalue weighted by molar-refractivity contribution is 5.91. The molecule has 0 saturated carbocycles. The molecule has 4 heteroatoms. The summed E-state index contributed by atoms with van der Waals surface area (Å²) >= 11 is 0. The molecule has 0 radical (unpaired) electrons. The third-order valence-electron chi connectivity index (χ3n) is 4.28. The minimum atomic E-state index is -0.717. The third-order valence-corrected chi connectivity index (χ3v) is 4.28. The molecule has 0 amide bonds. The molecular formula is C19H24N2O2. The predicted octanol–water partition coefficient (Wildman–Crippen LogP) is 4.40. The monoisotopic (exact) mass is 312 g/mol. The van der Waals surface area contributed by atoms with Crippen LogP contribution in [0.5, 0.6) is 0 Å². The van der Waals surface area contributed by atoms with Gasteiger partial charge in [-0.3, -0.25) is 4.90 Å². The molecule has 0 aliphatic carbocycles. The summed E-state index contributed by atoms with van der Waals surface area (Å²) in [6.07, 6.45) is 1.45. The maximum absolute atomic E-state index is 10.6. The lowest BCUT2D eigenvalue weighted by molar-refractivity contribution is -0.0105. The molecule has 3 aromatic rings. The lowest BCUT2D eigenvalue weighted by atomic mass is 10.1. The fourth-order valence-corrected chi connectivity index (χ4v) is 2.88. The van der Waals surface area contributed by atoms with Crippen molar-refractivity contribution in [3.8, 4) is 0 Å². The molecule has 2 heterocycles. The second-order valence-corrected chi connectivity index (χ2v) is 6.08. The van der Waals surface area contributed by atoms with Crippen molar-refractivity contribution in [2.45, 2.75) is 39.8 Å². The van der Waals surface area contributed by atoms with Gasteiger partial charge >= 0.3 is 0 Å². The van der Waals surface area contributed by atoms with E-state index in [-0.39, 0.29) is 0 Å². The molecule has 0 spiro atoms. The van der Waals surface area contributed by atoms with Crippen LogP contribution in [-0.2, 0) is 0 Å². The Bertz CT molecular complexity index is 810. The number of nitrogens with zero attached hydrogens (tertiary/aromatic N) is 2. The van der Waals surface area contributed by atoms with Gasteiger partial charge in [0, 0.05) is 17.3 Å². The first-order valence-electron chi connectivity index (χ1n) is 8.35. The van der Waals surface area contributed by atoms with Gasteiger partial charge in [0.25, 0.3) is 0 Å². The highest BCUT2D eigenvalue weighted by atomic mass is 16.4. The van der Waals surface area contributed by atoms with Crippen molar-refractivity contribution >= 4 is 22.0 Å². The number of furan rings is 1. The zero-order valence-corrected chi connectivity index (χ0v) is 14.0. The Morgan fingerprint density at radius 3 is 2.74 bits per heavy atom. The fraction of sp³-hybridized carbons (Fsp3) is 0.421. The Balaban J connectivity index is 1.96. The summed E-state index contributed by atoms with van der Waals surface area (Å²) in [4.78, 5) is 6.61.